The van der Waals surface area contributed by atoms with Gasteiger partial charge in [0.15, 0.2) is 34.7 Å². The number of fused-ring (bicyclic) bond motifs is 3. The molecular formula is C25H29N3O8. The molecule has 0 aliphatic heterocycles. The molecule has 4 N–H and O–H groups in total. The average Bonchev–Trinajstić information content (AvgIpc) is 2.79. The normalized spacial score (nSPS) is 32.2. The Morgan fingerprint density at radius 1 is 1.22 bits per heavy atom. The third-order valence-electron chi connectivity index (χ3n) is 7.67. The highest BCUT2D eigenvalue weighted by Gasteiger charge is 2.69. The molecule has 0 saturated heterocycles. The minimum atomic E-state index is -2.74. The number of oxime groups is 1. The van der Waals surface area contributed by atoms with Crippen molar-refractivity contribution in [2.24, 2.45) is 34.6 Å². The highest BCUT2D eigenvalue weighted by Crippen LogP contribution is 2.51. The lowest BCUT2D eigenvalue weighted by molar-refractivity contribution is -0.181. The summed E-state index contributed by atoms with van der Waals surface area (Å²) in [5, 5.41) is 26.1. The van der Waals surface area contributed by atoms with E-state index in [9.17, 15) is 34.2 Å². The van der Waals surface area contributed by atoms with Crippen LogP contribution in [-0.2, 0) is 30.4 Å². The summed E-state index contributed by atoms with van der Waals surface area (Å²) in [6.45, 7) is 3.78. The number of benzene rings is 1. The number of nitrogens with two attached hydrogens (primary N) is 1. The number of likely N-dealkylation sites (N-methyl/N-ethyl adjacent to an activating group) is 1. The molecule has 0 aromatic heterocycles. The highest BCUT2D eigenvalue weighted by molar-refractivity contribution is 6.32. The number of hydrogen-bond acceptors (Lipinski definition) is 10. The van der Waals surface area contributed by atoms with Crippen LogP contribution in [0.5, 0.6) is 5.75 Å². The summed E-state index contributed by atoms with van der Waals surface area (Å²) in [7, 11) is 3.08. The Hall–Kier alpha value is -3.44. The van der Waals surface area contributed by atoms with Crippen molar-refractivity contribution in [3.63, 3.8) is 0 Å². The smallest absolute Gasteiger partial charge is 0.235 e. The number of carbonyl (C=O) groups excluding carboxylic acids is 5. The van der Waals surface area contributed by atoms with E-state index >= 15 is 0 Å². The molecule has 1 aromatic rings. The Labute approximate surface area is 207 Å². The molecule has 4 rings (SSSR count). The maximum Gasteiger partial charge on any atom is 0.235 e. The van der Waals surface area contributed by atoms with Gasteiger partial charge in [0.2, 0.25) is 5.91 Å². The van der Waals surface area contributed by atoms with E-state index in [2.05, 4.69) is 5.16 Å². The molecule has 0 bridgehead atoms. The van der Waals surface area contributed by atoms with Gasteiger partial charge in [-0.2, -0.15) is 0 Å². The number of ketones is 4. The second-order valence-electron chi connectivity index (χ2n) is 9.87. The fourth-order valence-corrected chi connectivity index (χ4v) is 6.15. The molecule has 3 aliphatic carbocycles. The molecule has 0 radical (unpaired) electrons. The van der Waals surface area contributed by atoms with Gasteiger partial charge in [0, 0.05) is 11.5 Å². The SMILES string of the molecule is CCON=C(C)c1ccc(O)c2c1CC1CC3C(N(C)C)C(=O)C(C(N)=O)C(=O)C3(O)C(=O)C1C2=O. The largest absolute Gasteiger partial charge is 0.507 e. The molecule has 1 amide bonds. The van der Waals surface area contributed by atoms with Crippen molar-refractivity contribution in [1.82, 2.24) is 4.90 Å². The molecule has 3 aliphatic rings. The van der Waals surface area contributed by atoms with Crippen molar-refractivity contribution in [1.29, 1.82) is 0 Å². The number of aromatic hydroxyl groups is 1. The van der Waals surface area contributed by atoms with Gasteiger partial charge in [0.25, 0.3) is 0 Å². The molecule has 2 fully saturated rings. The number of nitrogens with zero attached hydrogens (tertiary/aromatic N) is 2. The standard InChI is InChI=1S/C25H29N3O8/c1-5-36-27-10(2)12-6-7-15(29)17-13(12)8-11-9-14-19(28(3)4)21(31)18(24(26)34)23(33)25(14,35)22(32)16(11)20(17)30/h6-7,11,14,16,18-19,29,35H,5,8-9H2,1-4H3,(H2,26,34). The van der Waals surface area contributed by atoms with Crippen molar-refractivity contribution in [2.45, 2.75) is 38.3 Å². The molecule has 1 aromatic carbocycles. The predicted octanol–water partition coefficient (Wildman–Crippen LogP) is -0.372. The third-order valence-corrected chi connectivity index (χ3v) is 7.67. The number of rotatable bonds is 5. The number of carbonyl (C=O) groups is 5. The minimum absolute atomic E-state index is 0.0133. The van der Waals surface area contributed by atoms with Gasteiger partial charge in [-0.05, 0) is 64.4 Å². The summed E-state index contributed by atoms with van der Waals surface area (Å²) in [6.07, 6.45) is 0.148. The molecule has 11 nitrogen and oxygen atoms in total. The molecule has 6 atom stereocenters. The quantitative estimate of drug-likeness (QED) is 0.277. The van der Waals surface area contributed by atoms with Crippen molar-refractivity contribution in [3.8, 4) is 5.75 Å². The van der Waals surface area contributed by atoms with E-state index in [0.717, 1.165) is 0 Å². The summed E-state index contributed by atoms with van der Waals surface area (Å²) in [6, 6.07) is 1.78. The lowest BCUT2D eigenvalue weighted by Crippen LogP contribution is -2.74. The first-order valence-electron chi connectivity index (χ1n) is 11.7. The van der Waals surface area contributed by atoms with Gasteiger partial charge in [0.05, 0.1) is 23.2 Å². The monoisotopic (exact) mass is 499 g/mol. The Morgan fingerprint density at radius 2 is 1.89 bits per heavy atom. The van der Waals surface area contributed by atoms with E-state index in [1.807, 2.05) is 0 Å². The van der Waals surface area contributed by atoms with Gasteiger partial charge in [-0.15, -0.1) is 0 Å². The molecule has 11 heteroatoms. The first-order valence-corrected chi connectivity index (χ1v) is 11.7. The van der Waals surface area contributed by atoms with Crippen LogP contribution in [0.3, 0.4) is 0 Å². The second kappa shape index (κ2) is 8.90. The lowest BCUT2D eigenvalue weighted by atomic mass is 9.52. The lowest BCUT2D eigenvalue weighted by Gasteiger charge is -2.52. The number of Topliss-reactive ketones (excluding diaryl/α,β-unsaturated/α-hetero) is 4. The van der Waals surface area contributed by atoms with Crippen LogP contribution in [0.4, 0.5) is 0 Å². The number of phenols is 1. The van der Waals surface area contributed by atoms with Gasteiger partial charge < -0.3 is 20.8 Å². The van der Waals surface area contributed by atoms with Gasteiger partial charge in [-0.1, -0.05) is 5.16 Å². The first-order chi connectivity index (χ1) is 16.9. The van der Waals surface area contributed by atoms with Crippen LogP contribution in [0.25, 0.3) is 0 Å². The summed E-state index contributed by atoms with van der Waals surface area (Å²) in [5.74, 6) is -10.7. The molecular weight excluding hydrogens is 470 g/mol. The topological polar surface area (TPSA) is 177 Å². The predicted molar refractivity (Wildman–Crippen MR) is 125 cm³/mol. The van der Waals surface area contributed by atoms with Gasteiger partial charge >= 0.3 is 0 Å². The summed E-state index contributed by atoms with van der Waals surface area (Å²) in [4.78, 5) is 72.4. The Balaban J connectivity index is 1.87. The van der Waals surface area contributed by atoms with Crippen LogP contribution in [0, 0.1) is 23.7 Å². The van der Waals surface area contributed by atoms with Gasteiger partial charge in [-0.3, -0.25) is 28.9 Å². The second-order valence-corrected chi connectivity index (χ2v) is 9.87. The number of primary amides is 1. The third kappa shape index (κ3) is 3.48. The zero-order valence-electron chi connectivity index (χ0n) is 20.5. The minimum Gasteiger partial charge on any atom is -0.507 e. The summed E-state index contributed by atoms with van der Waals surface area (Å²) in [5.41, 5.74) is 4.00. The van der Waals surface area contributed by atoms with Crippen LogP contribution in [0.15, 0.2) is 17.3 Å². The van der Waals surface area contributed by atoms with E-state index in [1.54, 1.807) is 34.0 Å². The maximum atomic E-state index is 13.8. The molecule has 6 unspecified atom stereocenters. The summed E-state index contributed by atoms with van der Waals surface area (Å²) < 4.78 is 0. The molecule has 0 spiro atoms. The number of hydrogen-bond donors (Lipinski definition) is 3. The molecule has 192 valence electrons. The molecule has 2 saturated carbocycles. The Morgan fingerprint density at radius 3 is 2.47 bits per heavy atom. The van der Waals surface area contributed by atoms with E-state index in [0.29, 0.717) is 23.4 Å². The van der Waals surface area contributed by atoms with Crippen LogP contribution in [0.2, 0.25) is 0 Å². The van der Waals surface area contributed by atoms with Gasteiger partial charge in [0.1, 0.15) is 12.4 Å². The Kier molecular flexibility index (Phi) is 6.34. The van der Waals surface area contributed by atoms with Gasteiger partial charge in [-0.25, -0.2) is 0 Å². The Bertz CT molecular complexity index is 1220. The molecule has 0 heterocycles. The number of phenolic OH excluding ortho intramolecular Hbond substituents is 1. The van der Waals surface area contributed by atoms with Crippen molar-refractivity contribution >= 4 is 34.8 Å². The van der Waals surface area contributed by atoms with Crippen LogP contribution < -0.4 is 5.73 Å². The van der Waals surface area contributed by atoms with Crippen molar-refractivity contribution in [3.05, 3.63) is 28.8 Å². The van der Waals surface area contributed by atoms with E-state index < -0.39 is 64.4 Å². The highest BCUT2D eigenvalue weighted by atomic mass is 16.6. The fraction of sp³-hybridized carbons (Fsp3) is 0.520. The zero-order chi connectivity index (χ0) is 26.7. The van der Waals surface area contributed by atoms with Crippen molar-refractivity contribution in [2.75, 3.05) is 20.7 Å². The maximum absolute atomic E-state index is 13.8. The fourth-order valence-electron chi connectivity index (χ4n) is 6.15. The van der Waals surface area contributed by atoms with Crippen LogP contribution in [0.1, 0.15) is 41.8 Å². The number of amides is 1. The van der Waals surface area contributed by atoms with Crippen molar-refractivity contribution < 1.29 is 39.0 Å². The zero-order valence-corrected chi connectivity index (χ0v) is 20.5. The van der Waals surface area contributed by atoms with Crippen LogP contribution >= 0.6 is 0 Å². The van der Waals surface area contributed by atoms with Crippen LogP contribution in [-0.4, -0.2) is 82.2 Å². The average molecular weight is 500 g/mol. The van der Waals surface area contributed by atoms with E-state index in [1.165, 1.54) is 11.0 Å². The summed E-state index contributed by atoms with van der Waals surface area (Å²) >= 11 is 0. The van der Waals surface area contributed by atoms with E-state index in [4.69, 9.17) is 10.6 Å². The first kappa shape index (κ1) is 25.6. The van der Waals surface area contributed by atoms with E-state index in [-0.39, 0.29) is 24.2 Å². The number of aliphatic hydroxyl groups is 1. The molecule has 36 heavy (non-hydrogen) atoms.